The van der Waals surface area contributed by atoms with Crippen molar-refractivity contribution in [2.24, 2.45) is 0 Å². The van der Waals surface area contributed by atoms with Gasteiger partial charge in [0.05, 0.1) is 6.20 Å². The van der Waals surface area contributed by atoms with Gasteiger partial charge in [-0.3, -0.25) is 4.79 Å². The summed E-state index contributed by atoms with van der Waals surface area (Å²) in [6.45, 7) is 3.18. The number of carbonyl (C=O) groups excluding carboxylic acids is 1. The van der Waals surface area contributed by atoms with Crippen molar-refractivity contribution in [3.63, 3.8) is 0 Å². The van der Waals surface area contributed by atoms with E-state index in [-0.39, 0.29) is 24.4 Å². The number of benzene rings is 1. The second kappa shape index (κ2) is 8.25. The summed E-state index contributed by atoms with van der Waals surface area (Å²) in [5, 5.41) is 0. The van der Waals surface area contributed by atoms with Crippen LogP contribution >= 0.6 is 0 Å². The van der Waals surface area contributed by atoms with E-state index >= 15 is 0 Å². The SMILES string of the molecule is CCOCC(=O)N1CCCC[C@H]1c1ncc(Cc2ccc(F)cc2)o1. The largest absolute Gasteiger partial charge is 0.443 e. The maximum Gasteiger partial charge on any atom is 0.249 e. The molecule has 1 aliphatic rings. The number of likely N-dealkylation sites (tertiary alicyclic amines) is 1. The van der Waals surface area contributed by atoms with E-state index in [1.165, 1.54) is 12.1 Å². The Bertz CT molecular complexity index is 699. The molecule has 1 aromatic heterocycles. The standard InChI is InChI=1S/C19H23FN2O3/c1-2-24-13-18(23)22-10-4-3-5-17(22)19-21-12-16(25-19)11-14-6-8-15(20)9-7-14/h6-9,12,17H,2-5,10-11,13H2,1H3/t17-/m0/s1. The first kappa shape index (κ1) is 17.6. The molecule has 0 unspecified atom stereocenters. The van der Waals surface area contributed by atoms with Gasteiger partial charge in [-0.1, -0.05) is 12.1 Å². The molecule has 0 bridgehead atoms. The topological polar surface area (TPSA) is 55.6 Å². The van der Waals surface area contributed by atoms with Crippen LogP contribution in [0.4, 0.5) is 4.39 Å². The number of oxazole rings is 1. The molecule has 0 N–H and O–H groups in total. The van der Waals surface area contributed by atoms with E-state index in [1.807, 2.05) is 11.8 Å². The summed E-state index contributed by atoms with van der Waals surface area (Å²) < 4.78 is 24.2. The molecule has 1 fully saturated rings. The first-order valence-electron chi connectivity index (χ1n) is 8.73. The van der Waals surface area contributed by atoms with Crippen LogP contribution in [-0.4, -0.2) is 35.5 Å². The first-order chi connectivity index (χ1) is 12.2. The van der Waals surface area contributed by atoms with Gasteiger partial charge in [-0.15, -0.1) is 0 Å². The normalized spacial score (nSPS) is 17.7. The second-order valence-electron chi connectivity index (χ2n) is 6.20. The van der Waals surface area contributed by atoms with Gasteiger partial charge in [0.2, 0.25) is 11.8 Å². The molecule has 3 rings (SSSR count). The van der Waals surface area contributed by atoms with Crippen LogP contribution in [-0.2, 0) is 16.0 Å². The number of hydrogen-bond donors (Lipinski definition) is 0. The molecule has 1 aromatic carbocycles. The molecule has 1 aliphatic heterocycles. The minimum atomic E-state index is -0.257. The molecule has 0 spiro atoms. The Morgan fingerprint density at radius 2 is 2.16 bits per heavy atom. The zero-order chi connectivity index (χ0) is 17.6. The highest BCUT2D eigenvalue weighted by Gasteiger charge is 2.31. The molecule has 2 aromatic rings. The molecule has 1 amide bonds. The molecular formula is C19H23FN2O3. The summed E-state index contributed by atoms with van der Waals surface area (Å²) in [5.41, 5.74) is 0.956. The van der Waals surface area contributed by atoms with Crippen molar-refractivity contribution in [2.75, 3.05) is 19.8 Å². The molecule has 0 radical (unpaired) electrons. The fourth-order valence-corrected chi connectivity index (χ4v) is 3.12. The summed E-state index contributed by atoms with van der Waals surface area (Å²) in [7, 11) is 0. The van der Waals surface area contributed by atoms with Crippen LogP contribution in [0.2, 0.25) is 0 Å². The number of carbonyl (C=O) groups is 1. The third kappa shape index (κ3) is 4.45. The highest BCUT2D eigenvalue weighted by Crippen LogP contribution is 2.31. The quantitative estimate of drug-likeness (QED) is 0.803. The van der Waals surface area contributed by atoms with Gasteiger partial charge in [-0.05, 0) is 43.9 Å². The minimum absolute atomic E-state index is 0.0233. The van der Waals surface area contributed by atoms with Crippen molar-refractivity contribution < 1.29 is 18.3 Å². The maximum absolute atomic E-state index is 13.0. The number of halogens is 1. The number of ether oxygens (including phenoxy) is 1. The lowest BCUT2D eigenvalue weighted by molar-refractivity contribution is -0.140. The van der Waals surface area contributed by atoms with E-state index in [0.29, 0.717) is 31.2 Å². The third-order valence-electron chi connectivity index (χ3n) is 4.40. The number of amides is 1. The molecule has 0 saturated carbocycles. The maximum atomic E-state index is 13.0. The van der Waals surface area contributed by atoms with Gasteiger partial charge >= 0.3 is 0 Å². The van der Waals surface area contributed by atoms with E-state index in [2.05, 4.69) is 4.98 Å². The number of piperidine rings is 1. The Balaban J connectivity index is 1.70. The summed E-state index contributed by atoms with van der Waals surface area (Å²) in [5.74, 6) is 1.00. The summed E-state index contributed by atoms with van der Waals surface area (Å²) in [6, 6.07) is 6.19. The zero-order valence-electron chi connectivity index (χ0n) is 14.4. The Morgan fingerprint density at radius 3 is 2.92 bits per heavy atom. The molecule has 25 heavy (non-hydrogen) atoms. The Kier molecular flexibility index (Phi) is 5.81. The average Bonchev–Trinajstić information content (AvgIpc) is 3.10. The van der Waals surface area contributed by atoms with Crippen molar-refractivity contribution >= 4 is 5.91 Å². The van der Waals surface area contributed by atoms with Crippen molar-refractivity contribution in [3.05, 3.63) is 53.5 Å². The number of rotatable bonds is 6. The zero-order valence-corrected chi connectivity index (χ0v) is 14.4. The lowest BCUT2D eigenvalue weighted by atomic mass is 10.0. The van der Waals surface area contributed by atoms with E-state index in [0.717, 1.165) is 24.8 Å². The molecule has 2 heterocycles. The van der Waals surface area contributed by atoms with Crippen molar-refractivity contribution in [3.8, 4) is 0 Å². The minimum Gasteiger partial charge on any atom is -0.443 e. The monoisotopic (exact) mass is 346 g/mol. The van der Waals surface area contributed by atoms with Crippen LogP contribution in [0, 0.1) is 5.82 Å². The molecule has 0 aliphatic carbocycles. The molecule has 5 nitrogen and oxygen atoms in total. The number of nitrogens with zero attached hydrogens (tertiary/aromatic N) is 2. The molecule has 134 valence electrons. The molecule has 6 heteroatoms. The van der Waals surface area contributed by atoms with Gasteiger partial charge in [0, 0.05) is 19.6 Å². The van der Waals surface area contributed by atoms with Gasteiger partial charge in [0.25, 0.3) is 0 Å². The van der Waals surface area contributed by atoms with Crippen LogP contribution in [0.15, 0.2) is 34.9 Å². The summed E-state index contributed by atoms with van der Waals surface area (Å²) >= 11 is 0. The van der Waals surface area contributed by atoms with Gasteiger partial charge in [0.15, 0.2) is 0 Å². The molecular weight excluding hydrogens is 323 g/mol. The molecule has 1 saturated heterocycles. The van der Waals surface area contributed by atoms with E-state index in [4.69, 9.17) is 9.15 Å². The second-order valence-corrected chi connectivity index (χ2v) is 6.20. The van der Waals surface area contributed by atoms with Crippen LogP contribution in [0.1, 0.15) is 49.4 Å². The smallest absolute Gasteiger partial charge is 0.249 e. The van der Waals surface area contributed by atoms with Gasteiger partial charge < -0.3 is 14.1 Å². The third-order valence-corrected chi connectivity index (χ3v) is 4.40. The average molecular weight is 346 g/mol. The van der Waals surface area contributed by atoms with Gasteiger partial charge in [-0.2, -0.15) is 0 Å². The Labute approximate surface area is 146 Å². The van der Waals surface area contributed by atoms with Crippen LogP contribution in [0.5, 0.6) is 0 Å². The lowest BCUT2D eigenvalue weighted by Crippen LogP contribution is -2.40. The summed E-state index contributed by atoms with van der Waals surface area (Å²) in [6.07, 6.45) is 5.11. The predicted molar refractivity (Wildman–Crippen MR) is 90.5 cm³/mol. The van der Waals surface area contributed by atoms with Crippen LogP contribution in [0.3, 0.4) is 0 Å². The first-order valence-corrected chi connectivity index (χ1v) is 8.73. The van der Waals surface area contributed by atoms with Crippen LogP contribution < -0.4 is 0 Å². The molecule has 1 atom stereocenters. The van der Waals surface area contributed by atoms with E-state index < -0.39 is 0 Å². The Hall–Kier alpha value is -2.21. The lowest BCUT2D eigenvalue weighted by Gasteiger charge is -2.33. The van der Waals surface area contributed by atoms with Crippen molar-refractivity contribution in [2.45, 2.75) is 38.6 Å². The van der Waals surface area contributed by atoms with E-state index in [1.54, 1.807) is 18.3 Å². The summed E-state index contributed by atoms with van der Waals surface area (Å²) in [4.78, 5) is 18.6. The van der Waals surface area contributed by atoms with Crippen LogP contribution in [0.25, 0.3) is 0 Å². The van der Waals surface area contributed by atoms with Crippen molar-refractivity contribution in [1.29, 1.82) is 0 Å². The fraction of sp³-hybridized carbons (Fsp3) is 0.474. The fourth-order valence-electron chi connectivity index (χ4n) is 3.12. The Morgan fingerprint density at radius 1 is 1.36 bits per heavy atom. The highest BCUT2D eigenvalue weighted by atomic mass is 19.1. The van der Waals surface area contributed by atoms with Crippen molar-refractivity contribution in [1.82, 2.24) is 9.88 Å². The number of aromatic nitrogens is 1. The van der Waals surface area contributed by atoms with E-state index in [9.17, 15) is 9.18 Å². The van der Waals surface area contributed by atoms with Gasteiger partial charge in [0.1, 0.15) is 24.2 Å². The van der Waals surface area contributed by atoms with Gasteiger partial charge in [-0.25, -0.2) is 9.37 Å². The number of hydrogen-bond acceptors (Lipinski definition) is 4. The predicted octanol–water partition coefficient (Wildman–Crippen LogP) is 3.49. The highest BCUT2D eigenvalue weighted by molar-refractivity contribution is 5.78.